The van der Waals surface area contributed by atoms with Gasteiger partial charge in [-0.2, -0.15) is 13.2 Å². The number of allylic oxidation sites excluding steroid dienone is 5. The predicted molar refractivity (Wildman–Crippen MR) is 113 cm³/mol. The summed E-state index contributed by atoms with van der Waals surface area (Å²) in [5.41, 5.74) is 2.32. The van der Waals surface area contributed by atoms with Crippen LogP contribution in [0.25, 0.3) is 0 Å². The van der Waals surface area contributed by atoms with Gasteiger partial charge in [-0.15, -0.1) is 0 Å². The molecule has 0 spiro atoms. The van der Waals surface area contributed by atoms with E-state index in [9.17, 15) is 18.0 Å². The van der Waals surface area contributed by atoms with Crippen LogP contribution in [0.2, 0.25) is 0 Å². The molecular formula is C24H29F3N2O. The Hall–Kier alpha value is -2.50. The largest absolute Gasteiger partial charge is 0.418 e. The van der Waals surface area contributed by atoms with Crippen LogP contribution in [0.5, 0.6) is 0 Å². The number of halogens is 3. The Balaban J connectivity index is 1.97. The third-order valence-corrected chi connectivity index (χ3v) is 5.75. The summed E-state index contributed by atoms with van der Waals surface area (Å²) in [6.45, 7) is 8.01. The minimum Gasteiger partial charge on any atom is -0.358 e. The van der Waals surface area contributed by atoms with Crippen LogP contribution in [0, 0.1) is 0 Å². The summed E-state index contributed by atoms with van der Waals surface area (Å²) in [7, 11) is 0. The normalized spacial score (nSPS) is 22.3. The molecule has 162 valence electrons. The third-order valence-electron chi connectivity index (χ3n) is 5.75. The van der Waals surface area contributed by atoms with Crippen LogP contribution in [0.1, 0.15) is 64.0 Å². The summed E-state index contributed by atoms with van der Waals surface area (Å²) >= 11 is 0. The highest BCUT2D eigenvalue weighted by molar-refractivity contribution is 5.78. The lowest BCUT2D eigenvalue weighted by Gasteiger charge is -2.30. The van der Waals surface area contributed by atoms with Gasteiger partial charge < -0.3 is 10.6 Å². The molecule has 2 aliphatic heterocycles. The molecule has 2 N–H and O–H groups in total. The van der Waals surface area contributed by atoms with E-state index >= 15 is 0 Å². The zero-order valence-electron chi connectivity index (χ0n) is 17.9. The molecule has 0 aliphatic carbocycles. The number of nitrogens with one attached hydrogen (secondary N) is 2. The molecule has 0 aromatic heterocycles. The summed E-state index contributed by atoms with van der Waals surface area (Å²) in [6.07, 6.45) is 1.56. The summed E-state index contributed by atoms with van der Waals surface area (Å²) in [5, 5.41) is 5.99. The van der Waals surface area contributed by atoms with E-state index in [0.29, 0.717) is 18.5 Å². The molecule has 3 rings (SSSR count). The first-order valence-corrected chi connectivity index (χ1v) is 10.3. The Bertz CT molecular complexity index is 887. The zero-order valence-corrected chi connectivity index (χ0v) is 17.9. The third kappa shape index (κ3) is 4.97. The summed E-state index contributed by atoms with van der Waals surface area (Å²) < 4.78 is 40.0. The maximum absolute atomic E-state index is 13.3. The summed E-state index contributed by atoms with van der Waals surface area (Å²) in [4.78, 5) is 11.7. The second kappa shape index (κ2) is 8.32. The molecule has 1 amide bonds. The van der Waals surface area contributed by atoms with Gasteiger partial charge in [0.2, 0.25) is 5.91 Å². The highest BCUT2D eigenvalue weighted by atomic mass is 19.4. The molecule has 1 unspecified atom stereocenters. The quantitative estimate of drug-likeness (QED) is 0.667. The van der Waals surface area contributed by atoms with Crippen molar-refractivity contribution in [2.75, 3.05) is 0 Å². The Morgan fingerprint density at radius 2 is 1.80 bits per heavy atom. The first kappa shape index (κ1) is 22.2. The molecule has 0 radical (unpaired) electrons. The molecule has 0 saturated carbocycles. The molecule has 1 aromatic carbocycles. The fourth-order valence-electron chi connectivity index (χ4n) is 4.00. The van der Waals surface area contributed by atoms with Crippen LogP contribution in [0.15, 0.2) is 59.5 Å². The molecule has 0 bridgehead atoms. The number of dihydropyridines is 1. The monoisotopic (exact) mass is 418 g/mol. The van der Waals surface area contributed by atoms with E-state index in [1.54, 1.807) is 6.92 Å². The lowest BCUT2D eigenvalue weighted by molar-refractivity contribution is -0.119. The van der Waals surface area contributed by atoms with Crippen LogP contribution >= 0.6 is 0 Å². The van der Waals surface area contributed by atoms with Crippen molar-refractivity contribution in [3.63, 3.8) is 0 Å². The molecular weight excluding hydrogens is 389 g/mol. The van der Waals surface area contributed by atoms with Gasteiger partial charge in [-0.05, 0) is 48.5 Å². The van der Waals surface area contributed by atoms with Crippen LogP contribution in [-0.2, 0) is 10.2 Å². The Morgan fingerprint density at radius 3 is 2.30 bits per heavy atom. The number of rotatable bonds is 4. The average Bonchev–Trinajstić information content (AvgIpc) is 3.09. The summed E-state index contributed by atoms with van der Waals surface area (Å²) in [5.74, 6) is -0.121. The Labute approximate surface area is 176 Å². The number of amides is 1. The van der Waals surface area contributed by atoms with Gasteiger partial charge in [0.15, 0.2) is 0 Å². The second-order valence-electron chi connectivity index (χ2n) is 8.99. The van der Waals surface area contributed by atoms with Gasteiger partial charge >= 0.3 is 6.18 Å². The fraction of sp³-hybridized carbons (Fsp3) is 0.458. The molecule has 2 aliphatic rings. The standard InChI is InChI=1S/C24H29F3N2O/c1-5-20-19(24(25,26)27)11-12-21(29-20)18(14-17-10-13-22(30)28-17)15-6-8-16(9-7-15)23(2,3)4/h5-9,11-12,17-18,29H,10,13-14H2,1-4H3,(H,28,30)/b20-5-/t17-,18?/m1/s1. The minimum atomic E-state index is -4.42. The predicted octanol–water partition coefficient (Wildman–Crippen LogP) is 5.62. The van der Waals surface area contributed by atoms with Crippen molar-refractivity contribution in [3.8, 4) is 0 Å². The van der Waals surface area contributed by atoms with E-state index in [1.807, 2.05) is 12.1 Å². The highest BCUT2D eigenvalue weighted by Crippen LogP contribution is 2.38. The van der Waals surface area contributed by atoms with Crippen molar-refractivity contribution in [1.29, 1.82) is 0 Å². The van der Waals surface area contributed by atoms with E-state index < -0.39 is 11.7 Å². The van der Waals surface area contributed by atoms with Crippen LogP contribution in [0.3, 0.4) is 0 Å². The van der Waals surface area contributed by atoms with Gasteiger partial charge in [0.25, 0.3) is 0 Å². The van der Waals surface area contributed by atoms with Crippen LogP contribution in [-0.4, -0.2) is 18.1 Å². The van der Waals surface area contributed by atoms with Crippen molar-refractivity contribution in [2.45, 2.75) is 70.5 Å². The van der Waals surface area contributed by atoms with Crippen molar-refractivity contribution in [2.24, 2.45) is 0 Å². The molecule has 2 atom stereocenters. The molecule has 6 heteroatoms. The van der Waals surface area contributed by atoms with Crippen LogP contribution in [0.4, 0.5) is 13.2 Å². The Morgan fingerprint density at radius 1 is 1.13 bits per heavy atom. The highest BCUT2D eigenvalue weighted by Gasteiger charge is 2.38. The van der Waals surface area contributed by atoms with Crippen molar-refractivity contribution < 1.29 is 18.0 Å². The van der Waals surface area contributed by atoms with E-state index in [0.717, 1.165) is 18.1 Å². The first-order valence-electron chi connectivity index (χ1n) is 10.3. The van der Waals surface area contributed by atoms with Crippen molar-refractivity contribution >= 4 is 5.91 Å². The van der Waals surface area contributed by atoms with Crippen molar-refractivity contribution in [3.05, 3.63) is 70.6 Å². The van der Waals surface area contributed by atoms with Gasteiger partial charge in [0.1, 0.15) is 0 Å². The maximum atomic E-state index is 13.3. The summed E-state index contributed by atoms with van der Waals surface area (Å²) in [6, 6.07) is 8.25. The maximum Gasteiger partial charge on any atom is 0.418 e. The number of hydrogen-bond donors (Lipinski definition) is 2. The van der Waals surface area contributed by atoms with Crippen LogP contribution < -0.4 is 10.6 Å². The second-order valence-corrected chi connectivity index (χ2v) is 8.99. The van der Waals surface area contributed by atoms with E-state index in [2.05, 4.69) is 43.5 Å². The molecule has 2 heterocycles. The van der Waals surface area contributed by atoms with Gasteiger partial charge in [0.05, 0.1) is 5.57 Å². The van der Waals surface area contributed by atoms with E-state index in [-0.39, 0.29) is 29.0 Å². The molecule has 1 saturated heterocycles. The van der Waals surface area contributed by atoms with Gasteiger partial charge in [-0.1, -0.05) is 51.1 Å². The molecule has 1 fully saturated rings. The van der Waals surface area contributed by atoms with Gasteiger partial charge in [0, 0.05) is 29.8 Å². The van der Waals surface area contributed by atoms with Crippen molar-refractivity contribution in [1.82, 2.24) is 10.6 Å². The lowest BCUT2D eigenvalue weighted by atomic mass is 9.83. The fourth-order valence-corrected chi connectivity index (χ4v) is 4.00. The first-order chi connectivity index (χ1) is 14.0. The topological polar surface area (TPSA) is 41.1 Å². The number of carbonyl (C=O) groups is 1. The zero-order chi connectivity index (χ0) is 22.1. The molecule has 3 nitrogen and oxygen atoms in total. The van der Waals surface area contributed by atoms with E-state index in [1.165, 1.54) is 17.7 Å². The molecule has 30 heavy (non-hydrogen) atoms. The lowest BCUT2D eigenvalue weighted by Crippen LogP contribution is -2.32. The molecule has 1 aromatic rings. The van der Waals surface area contributed by atoms with Gasteiger partial charge in [-0.3, -0.25) is 4.79 Å². The minimum absolute atomic E-state index is 0.00883. The Kier molecular flexibility index (Phi) is 6.16. The number of hydrogen-bond acceptors (Lipinski definition) is 2. The van der Waals surface area contributed by atoms with Gasteiger partial charge in [-0.25, -0.2) is 0 Å². The number of benzene rings is 1. The SMILES string of the molecule is C/C=C1\NC(C(C[C@H]2CCC(=O)N2)c2ccc(C(C)(C)C)cc2)=CC=C1C(F)(F)F. The van der Waals surface area contributed by atoms with E-state index in [4.69, 9.17) is 0 Å². The number of alkyl halides is 3. The average molecular weight is 419 g/mol. The number of carbonyl (C=O) groups excluding carboxylic acids is 1. The smallest absolute Gasteiger partial charge is 0.358 e.